The second-order valence-electron chi connectivity index (χ2n) is 7.54. The maximum absolute atomic E-state index is 12.5. The predicted octanol–water partition coefficient (Wildman–Crippen LogP) is 3.07. The van der Waals surface area contributed by atoms with Gasteiger partial charge in [0.15, 0.2) is 0 Å². The molecule has 2 aromatic rings. The Hall–Kier alpha value is -2.33. The van der Waals surface area contributed by atoms with Crippen LogP contribution in [0.3, 0.4) is 0 Å². The number of carbonyl (C=O) groups excluding carboxylic acids is 1. The van der Waals surface area contributed by atoms with Gasteiger partial charge in [0.25, 0.3) is 5.91 Å². The second-order valence-corrected chi connectivity index (χ2v) is 7.54. The van der Waals surface area contributed by atoms with E-state index in [9.17, 15) is 4.79 Å². The van der Waals surface area contributed by atoms with Crippen molar-refractivity contribution in [1.82, 2.24) is 10.2 Å². The zero-order chi connectivity index (χ0) is 17.9. The zero-order valence-electron chi connectivity index (χ0n) is 15.4. The van der Waals surface area contributed by atoms with Crippen LogP contribution < -0.4 is 10.2 Å². The summed E-state index contributed by atoms with van der Waals surface area (Å²) in [5.41, 5.74) is 4.81. The molecule has 2 aliphatic heterocycles. The van der Waals surface area contributed by atoms with Gasteiger partial charge in [0.2, 0.25) is 0 Å². The molecule has 1 N–H and O–H groups in total. The van der Waals surface area contributed by atoms with Gasteiger partial charge in [-0.15, -0.1) is 0 Å². The highest BCUT2D eigenvalue weighted by atomic mass is 16.1. The summed E-state index contributed by atoms with van der Waals surface area (Å²) in [6.07, 6.45) is 3.15. The smallest absolute Gasteiger partial charge is 0.251 e. The molecule has 0 aliphatic carbocycles. The lowest BCUT2D eigenvalue weighted by Crippen LogP contribution is -2.43. The van der Waals surface area contributed by atoms with E-state index in [1.54, 1.807) is 0 Å². The van der Waals surface area contributed by atoms with Crippen LogP contribution in [-0.2, 0) is 13.0 Å². The normalized spacial score (nSPS) is 18.4. The van der Waals surface area contributed by atoms with Gasteiger partial charge in [0.05, 0.1) is 0 Å². The largest absolute Gasteiger partial charge is 0.367 e. The van der Waals surface area contributed by atoms with Crippen LogP contribution in [0.15, 0.2) is 48.5 Å². The molecule has 0 saturated carbocycles. The molecule has 2 aromatic carbocycles. The fourth-order valence-electron chi connectivity index (χ4n) is 3.96. The van der Waals surface area contributed by atoms with E-state index in [2.05, 4.69) is 58.6 Å². The molecule has 4 rings (SSSR count). The highest BCUT2D eigenvalue weighted by Gasteiger charge is 2.20. The van der Waals surface area contributed by atoms with Crippen molar-refractivity contribution in [2.24, 2.45) is 0 Å². The molecular formula is C22H27N3O. The lowest BCUT2D eigenvalue weighted by Gasteiger charge is -2.31. The van der Waals surface area contributed by atoms with Crippen molar-refractivity contribution >= 4 is 11.6 Å². The van der Waals surface area contributed by atoms with Crippen LogP contribution in [-0.4, -0.2) is 43.5 Å². The summed E-state index contributed by atoms with van der Waals surface area (Å²) in [5.74, 6) is 0.0510. The molecule has 0 radical (unpaired) electrons. The van der Waals surface area contributed by atoms with E-state index in [-0.39, 0.29) is 5.91 Å². The number of piperidine rings is 1. The van der Waals surface area contributed by atoms with E-state index in [0.717, 1.165) is 51.0 Å². The van der Waals surface area contributed by atoms with Gasteiger partial charge >= 0.3 is 0 Å². The van der Waals surface area contributed by atoms with Gasteiger partial charge in [-0.1, -0.05) is 24.3 Å². The molecule has 136 valence electrons. The van der Waals surface area contributed by atoms with Crippen LogP contribution in [0.25, 0.3) is 0 Å². The molecule has 26 heavy (non-hydrogen) atoms. The first-order valence-corrected chi connectivity index (χ1v) is 9.60. The van der Waals surface area contributed by atoms with E-state index in [1.165, 1.54) is 16.8 Å². The first-order valence-electron chi connectivity index (χ1n) is 9.60. The maximum Gasteiger partial charge on any atom is 0.251 e. The summed E-state index contributed by atoms with van der Waals surface area (Å²) in [4.78, 5) is 17.2. The number of hydrogen-bond donors (Lipinski definition) is 1. The molecular weight excluding hydrogens is 322 g/mol. The average Bonchev–Trinajstić information content (AvgIpc) is 2.69. The van der Waals surface area contributed by atoms with Gasteiger partial charge in [0, 0.05) is 30.4 Å². The van der Waals surface area contributed by atoms with E-state index in [1.807, 2.05) is 12.1 Å². The lowest BCUT2D eigenvalue weighted by molar-refractivity contribution is 0.0917. The van der Waals surface area contributed by atoms with Crippen molar-refractivity contribution in [3.8, 4) is 0 Å². The summed E-state index contributed by atoms with van der Waals surface area (Å²) in [6, 6.07) is 17.0. The van der Waals surface area contributed by atoms with Crippen molar-refractivity contribution in [3.63, 3.8) is 0 Å². The Kier molecular flexibility index (Phi) is 4.93. The first kappa shape index (κ1) is 17.1. The number of amides is 1. The van der Waals surface area contributed by atoms with E-state index in [0.29, 0.717) is 6.04 Å². The summed E-state index contributed by atoms with van der Waals surface area (Å²) >= 11 is 0. The molecule has 1 amide bonds. The van der Waals surface area contributed by atoms with E-state index < -0.39 is 0 Å². The molecule has 4 heteroatoms. The maximum atomic E-state index is 12.5. The molecule has 4 nitrogen and oxygen atoms in total. The van der Waals surface area contributed by atoms with Crippen LogP contribution in [0.4, 0.5) is 5.69 Å². The number of fused-ring (bicyclic) bond motifs is 1. The minimum Gasteiger partial charge on any atom is -0.367 e. The van der Waals surface area contributed by atoms with Crippen LogP contribution >= 0.6 is 0 Å². The van der Waals surface area contributed by atoms with Gasteiger partial charge in [0.1, 0.15) is 0 Å². The summed E-state index contributed by atoms with van der Waals surface area (Å²) in [5, 5.41) is 3.19. The number of anilines is 1. The van der Waals surface area contributed by atoms with E-state index in [4.69, 9.17) is 0 Å². The fourth-order valence-corrected chi connectivity index (χ4v) is 3.96. The number of carbonyl (C=O) groups is 1. The number of rotatable bonds is 3. The van der Waals surface area contributed by atoms with Crippen LogP contribution in [0.2, 0.25) is 0 Å². The Bertz CT molecular complexity index is 763. The second kappa shape index (κ2) is 7.50. The third-order valence-corrected chi connectivity index (χ3v) is 5.68. The van der Waals surface area contributed by atoms with Crippen molar-refractivity contribution in [1.29, 1.82) is 0 Å². The Balaban J connectivity index is 1.38. The van der Waals surface area contributed by atoms with Crippen molar-refractivity contribution < 1.29 is 4.79 Å². The molecule has 0 bridgehead atoms. The summed E-state index contributed by atoms with van der Waals surface area (Å²) in [6.45, 7) is 4.08. The predicted molar refractivity (Wildman–Crippen MR) is 106 cm³/mol. The van der Waals surface area contributed by atoms with Crippen LogP contribution in [0, 0.1) is 0 Å². The van der Waals surface area contributed by atoms with Gasteiger partial charge in [-0.05, 0) is 74.8 Å². The number of nitrogens with one attached hydrogen (secondary N) is 1. The molecule has 2 aliphatic rings. The summed E-state index contributed by atoms with van der Waals surface area (Å²) in [7, 11) is 2.13. The van der Waals surface area contributed by atoms with Crippen LogP contribution in [0.1, 0.15) is 34.3 Å². The SMILES string of the molecule is CN1CCC(NC(=O)c2ccc(N3CCc4ccccc4C3)cc2)CC1. The van der Waals surface area contributed by atoms with Crippen molar-refractivity contribution in [2.45, 2.75) is 31.8 Å². The fraction of sp³-hybridized carbons (Fsp3) is 0.409. The van der Waals surface area contributed by atoms with Gasteiger partial charge < -0.3 is 15.1 Å². The highest BCUT2D eigenvalue weighted by Crippen LogP contribution is 2.24. The third-order valence-electron chi connectivity index (χ3n) is 5.68. The molecule has 1 saturated heterocycles. The minimum atomic E-state index is 0.0510. The minimum absolute atomic E-state index is 0.0510. The Morgan fingerprint density at radius 3 is 2.38 bits per heavy atom. The molecule has 2 heterocycles. The topological polar surface area (TPSA) is 35.6 Å². The van der Waals surface area contributed by atoms with Gasteiger partial charge in [-0.2, -0.15) is 0 Å². The number of nitrogens with zero attached hydrogens (tertiary/aromatic N) is 2. The number of hydrogen-bond acceptors (Lipinski definition) is 3. The lowest BCUT2D eigenvalue weighted by atomic mass is 9.99. The zero-order valence-corrected chi connectivity index (χ0v) is 15.4. The average molecular weight is 349 g/mol. The quantitative estimate of drug-likeness (QED) is 0.925. The molecule has 0 unspecified atom stereocenters. The Morgan fingerprint density at radius 1 is 0.962 bits per heavy atom. The molecule has 0 atom stereocenters. The number of benzene rings is 2. The molecule has 0 aromatic heterocycles. The Morgan fingerprint density at radius 2 is 1.65 bits per heavy atom. The van der Waals surface area contributed by atoms with Gasteiger partial charge in [-0.3, -0.25) is 4.79 Å². The first-order chi connectivity index (χ1) is 12.7. The monoisotopic (exact) mass is 349 g/mol. The third kappa shape index (κ3) is 3.75. The van der Waals surface area contributed by atoms with Crippen molar-refractivity contribution in [2.75, 3.05) is 31.6 Å². The van der Waals surface area contributed by atoms with E-state index >= 15 is 0 Å². The highest BCUT2D eigenvalue weighted by molar-refractivity contribution is 5.94. The standard InChI is InChI=1S/C22H27N3O/c1-24-13-11-20(12-14-24)23-22(26)18-6-8-21(9-7-18)25-15-10-17-4-2-3-5-19(17)16-25/h2-9,20H,10-16H2,1H3,(H,23,26). The Labute approximate surface area is 155 Å². The van der Waals surface area contributed by atoms with Crippen LogP contribution in [0.5, 0.6) is 0 Å². The van der Waals surface area contributed by atoms with Crippen molar-refractivity contribution in [3.05, 3.63) is 65.2 Å². The van der Waals surface area contributed by atoms with Gasteiger partial charge in [-0.25, -0.2) is 0 Å². The molecule has 1 fully saturated rings. The summed E-state index contributed by atoms with van der Waals surface area (Å²) < 4.78 is 0. The molecule has 0 spiro atoms. The number of likely N-dealkylation sites (tertiary alicyclic amines) is 1.